The molecular weight excluding hydrogens is 296 g/mol. The molecule has 2 rings (SSSR count). The fourth-order valence-electron chi connectivity index (χ4n) is 3.51. The fourth-order valence-corrected chi connectivity index (χ4v) is 3.51. The van der Waals surface area contributed by atoms with Gasteiger partial charge in [0.1, 0.15) is 5.70 Å². The van der Waals surface area contributed by atoms with E-state index in [4.69, 9.17) is 4.74 Å². The van der Waals surface area contributed by atoms with Crippen molar-refractivity contribution in [1.29, 1.82) is 0 Å². The highest BCUT2D eigenvalue weighted by Crippen LogP contribution is 2.23. The minimum absolute atomic E-state index is 0.292. The highest BCUT2D eigenvalue weighted by Gasteiger charge is 2.28. The third-order valence-electron chi connectivity index (χ3n) is 4.85. The number of rotatable bonds is 4. The van der Waals surface area contributed by atoms with E-state index in [9.17, 15) is 9.59 Å². The van der Waals surface area contributed by atoms with Crippen molar-refractivity contribution in [3.8, 4) is 0 Å². The zero-order valence-corrected chi connectivity index (χ0v) is 14.3. The smallest absolute Gasteiger partial charge is 0.354 e. The Bertz CT molecular complexity index is 434. The third kappa shape index (κ3) is 4.96. The zero-order chi connectivity index (χ0) is 16.7. The lowest BCUT2D eigenvalue weighted by Gasteiger charge is -2.40. The van der Waals surface area contributed by atoms with E-state index in [2.05, 4.69) is 9.64 Å². The molecule has 0 spiro atoms. The molecule has 1 heterocycles. The largest absolute Gasteiger partial charge is 0.466 e. The van der Waals surface area contributed by atoms with Crippen LogP contribution in [0, 0.1) is 0 Å². The summed E-state index contributed by atoms with van der Waals surface area (Å²) in [6.07, 6.45) is 9.13. The van der Waals surface area contributed by atoms with Gasteiger partial charge in [-0.15, -0.1) is 0 Å². The van der Waals surface area contributed by atoms with Crippen LogP contribution in [0.2, 0.25) is 0 Å². The molecule has 23 heavy (non-hydrogen) atoms. The van der Waals surface area contributed by atoms with Gasteiger partial charge in [0.05, 0.1) is 20.3 Å². The van der Waals surface area contributed by atoms with Crippen molar-refractivity contribution in [2.75, 3.05) is 40.4 Å². The minimum Gasteiger partial charge on any atom is -0.466 e. The lowest BCUT2D eigenvalue weighted by atomic mass is 10.1. The summed E-state index contributed by atoms with van der Waals surface area (Å²) in [5.41, 5.74) is 0.292. The molecule has 1 aliphatic heterocycles. The highest BCUT2D eigenvalue weighted by molar-refractivity contribution is 5.95. The number of methoxy groups -OCH3 is 2. The maximum atomic E-state index is 11.9. The van der Waals surface area contributed by atoms with E-state index in [1.807, 2.05) is 4.90 Å². The summed E-state index contributed by atoms with van der Waals surface area (Å²) in [4.78, 5) is 27.9. The first-order valence-electron chi connectivity index (χ1n) is 8.52. The molecule has 0 aromatic heterocycles. The molecule has 1 saturated carbocycles. The number of carbonyl (C=O) groups excluding carboxylic acids is 2. The van der Waals surface area contributed by atoms with Crippen LogP contribution in [0.25, 0.3) is 0 Å². The maximum absolute atomic E-state index is 11.9. The average Bonchev–Trinajstić information content (AvgIpc) is 2.88. The number of hydrogen-bond acceptors (Lipinski definition) is 6. The molecule has 1 aliphatic carbocycles. The first-order valence-corrected chi connectivity index (χ1v) is 8.52. The molecule has 2 aliphatic rings. The lowest BCUT2D eigenvalue weighted by Crippen LogP contribution is -2.50. The van der Waals surface area contributed by atoms with Crippen LogP contribution in [0.1, 0.15) is 38.5 Å². The van der Waals surface area contributed by atoms with Crippen molar-refractivity contribution in [3.05, 3.63) is 11.8 Å². The molecule has 0 bridgehead atoms. The molecule has 2 fully saturated rings. The molecule has 0 atom stereocenters. The Morgan fingerprint density at radius 1 is 0.913 bits per heavy atom. The number of esters is 2. The van der Waals surface area contributed by atoms with Crippen LogP contribution in [0.15, 0.2) is 11.8 Å². The third-order valence-corrected chi connectivity index (χ3v) is 4.85. The van der Waals surface area contributed by atoms with Crippen molar-refractivity contribution in [3.63, 3.8) is 0 Å². The summed E-state index contributed by atoms with van der Waals surface area (Å²) < 4.78 is 9.44. The van der Waals surface area contributed by atoms with E-state index >= 15 is 0 Å². The van der Waals surface area contributed by atoms with Crippen molar-refractivity contribution < 1.29 is 19.1 Å². The van der Waals surface area contributed by atoms with Crippen molar-refractivity contribution in [2.45, 2.75) is 44.6 Å². The Morgan fingerprint density at radius 3 is 2.04 bits per heavy atom. The van der Waals surface area contributed by atoms with Crippen LogP contribution in [0.4, 0.5) is 0 Å². The van der Waals surface area contributed by atoms with Gasteiger partial charge in [0.25, 0.3) is 0 Å². The molecule has 6 nitrogen and oxygen atoms in total. The molecule has 0 radical (unpaired) electrons. The molecule has 6 heteroatoms. The second-order valence-electron chi connectivity index (χ2n) is 6.21. The fraction of sp³-hybridized carbons (Fsp3) is 0.765. The van der Waals surface area contributed by atoms with Gasteiger partial charge in [0.2, 0.25) is 0 Å². The van der Waals surface area contributed by atoms with Crippen molar-refractivity contribution in [2.24, 2.45) is 0 Å². The first kappa shape index (κ1) is 17.8. The van der Waals surface area contributed by atoms with Gasteiger partial charge >= 0.3 is 11.9 Å². The van der Waals surface area contributed by atoms with E-state index in [0.717, 1.165) is 26.2 Å². The number of hydrogen-bond donors (Lipinski definition) is 0. The van der Waals surface area contributed by atoms with E-state index in [1.165, 1.54) is 58.8 Å². The number of carbonyl (C=O) groups is 2. The molecule has 0 N–H and O–H groups in total. The van der Waals surface area contributed by atoms with Crippen LogP contribution in [-0.4, -0.2) is 68.2 Å². The zero-order valence-electron chi connectivity index (χ0n) is 14.3. The second-order valence-corrected chi connectivity index (χ2v) is 6.21. The van der Waals surface area contributed by atoms with Gasteiger partial charge in [-0.25, -0.2) is 9.59 Å². The van der Waals surface area contributed by atoms with Crippen LogP contribution in [0.5, 0.6) is 0 Å². The van der Waals surface area contributed by atoms with E-state index in [0.29, 0.717) is 11.7 Å². The summed E-state index contributed by atoms with van der Waals surface area (Å²) >= 11 is 0. The lowest BCUT2D eigenvalue weighted by molar-refractivity contribution is -0.140. The Morgan fingerprint density at radius 2 is 1.52 bits per heavy atom. The Hall–Kier alpha value is -1.56. The average molecular weight is 324 g/mol. The molecule has 0 aromatic rings. The standard InChI is InChI=1S/C17H28N2O4/c1-22-16(20)13-15(17(21)23-2)19-11-9-18(10-12-19)14-7-5-3-4-6-8-14/h13-14H,3-12H2,1-2H3/b15-13+. The molecular formula is C17H28N2O4. The van der Waals surface area contributed by atoms with Crippen LogP contribution < -0.4 is 0 Å². The number of piperazine rings is 1. The predicted octanol–water partition coefficient (Wildman–Crippen LogP) is 1.56. The molecule has 0 aromatic carbocycles. The monoisotopic (exact) mass is 324 g/mol. The molecule has 130 valence electrons. The Kier molecular flexibility index (Phi) is 6.89. The quantitative estimate of drug-likeness (QED) is 0.444. The second kappa shape index (κ2) is 8.91. The summed E-state index contributed by atoms with van der Waals surface area (Å²) in [6.45, 7) is 3.29. The van der Waals surface area contributed by atoms with Crippen molar-refractivity contribution in [1.82, 2.24) is 9.80 Å². The van der Waals surface area contributed by atoms with Gasteiger partial charge in [-0.2, -0.15) is 0 Å². The SMILES string of the molecule is COC(=O)/C=C(\C(=O)OC)N1CCN(C2CCCCCC2)CC1. The van der Waals surface area contributed by atoms with Crippen molar-refractivity contribution >= 4 is 11.9 Å². The van der Waals surface area contributed by atoms with Crippen LogP contribution in [0.3, 0.4) is 0 Å². The summed E-state index contributed by atoms with van der Waals surface area (Å²) in [5.74, 6) is -1.02. The predicted molar refractivity (Wildman–Crippen MR) is 86.8 cm³/mol. The summed E-state index contributed by atoms with van der Waals surface area (Å²) in [7, 11) is 2.63. The van der Waals surface area contributed by atoms with E-state index in [-0.39, 0.29) is 0 Å². The normalized spacial score (nSPS) is 21.7. The molecule has 0 unspecified atom stereocenters. The van der Waals surface area contributed by atoms with Crippen LogP contribution >= 0.6 is 0 Å². The number of nitrogens with zero attached hydrogens (tertiary/aromatic N) is 2. The van der Waals surface area contributed by atoms with Gasteiger partial charge in [0.15, 0.2) is 0 Å². The van der Waals surface area contributed by atoms with E-state index < -0.39 is 11.9 Å². The topological polar surface area (TPSA) is 59.1 Å². The van der Waals surface area contributed by atoms with Gasteiger partial charge in [-0.05, 0) is 12.8 Å². The molecule has 0 amide bonds. The van der Waals surface area contributed by atoms with Gasteiger partial charge in [-0.1, -0.05) is 25.7 Å². The number of ether oxygens (including phenoxy) is 2. The molecule has 1 saturated heterocycles. The first-order chi connectivity index (χ1) is 11.2. The summed E-state index contributed by atoms with van der Waals surface area (Å²) in [6, 6.07) is 0.672. The van der Waals surface area contributed by atoms with Gasteiger partial charge in [-0.3, -0.25) is 4.90 Å². The highest BCUT2D eigenvalue weighted by atomic mass is 16.5. The van der Waals surface area contributed by atoms with E-state index in [1.54, 1.807) is 0 Å². The van der Waals surface area contributed by atoms with Gasteiger partial charge < -0.3 is 14.4 Å². The van der Waals surface area contributed by atoms with Gasteiger partial charge in [0, 0.05) is 32.2 Å². The Balaban J connectivity index is 1.96. The minimum atomic E-state index is -0.531. The maximum Gasteiger partial charge on any atom is 0.354 e. The van der Waals surface area contributed by atoms with Crippen LogP contribution in [-0.2, 0) is 19.1 Å². The summed E-state index contributed by atoms with van der Waals surface area (Å²) in [5, 5.41) is 0. The Labute approximate surface area is 138 Å².